The second-order valence-corrected chi connectivity index (χ2v) is 4.83. The molecule has 104 valence electrons. The fourth-order valence-electron chi connectivity index (χ4n) is 1.93. The zero-order valence-corrected chi connectivity index (χ0v) is 11.6. The Balaban J connectivity index is 3.07. The van der Waals surface area contributed by atoms with Crippen LogP contribution >= 0.6 is 23.2 Å². The van der Waals surface area contributed by atoms with Crippen molar-refractivity contribution in [1.82, 2.24) is 4.57 Å². The van der Waals surface area contributed by atoms with Gasteiger partial charge in [-0.15, -0.1) is 6.58 Å². The number of fused-ring (bicyclic) bond motifs is 1. The van der Waals surface area contributed by atoms with Gasteiger partial charge in [-0.25, -0.2) is 4.79 Å². The molecular weight excluding hydrogens is 305 g/mol. The lowest BCUT2D eigenvalue weighted by atomic mass is 10.1. The van der Waals surface area contributed by atoms with Crippen LogP contribution in [0.15, 0.2) is 29.6 Å². The lowest BCUT2D eigenvalue weighted by molar-refractivity contribution is 0.0691. The third-order valence-electron chi connectivity index (χ3n) is 2.81. The van der Waals surface area contributed by atoms with E-state index >= 15 is 0 Å². The minimum Gasteiger partial charge on any atom is -0.506 e. The third-order valence-corrected chi connectivity index (χ3v) is 3.53. The van der Waals surface area contributed by atoms with E-state index in [0.717, 1.165) is 4.57 Å². The Kier molecular flexibility index (Phi) is 3.74. The minimum absolute atomic E-state index is 0.0772. The molecule has 0 radical (unpaired) electrons. The molecule has 0 atom stereocenters. The van der Waals surface area contributed by atoms with Gasteiger partial charge in [0.1, 0.15) is 5.75 Å². The van der Waals surface area contributed by atoms with Gasteiger partial charge in [0.2, 0.25) is 0 Å². The molecule has 1 aromatic heterocycles. The van der Waals surface area contributed by atoms with E-state index in [1.165, 1.54) is 18.2 Å². The molecule has 0 aliphatic rings. The molecule has 5 nitrogen and oxygen atoms in total. The maximum absolute atomic E-state index is 12.1. The normalized spacial score (nSPS) is 10.7. The van der Waals surface area contributed by atoms with Crippen LogP contribution < -0.4 is 5.56 Å². The smallest absolute Gasteiger partial charge is 0.345 e. The summed E-state index contributed by atoms with van der Waals surface area (Å²) in [5.41, 5.74) is -1.26. The number of rotatable bonds is 3. The van der Waals surface area contributed by atoms with Crippen LogP contribution in [0.1, 0.15) is 10.4 Å². The first-order valence-electron chi connectivity index (χ1n) is 5.47. The average molecular weight is 314 g/mol. The number of carboxylic acid groups (broad SMARTS) is 1. The molecule has 0 aliphatic carbocycles. The van der Waals surface area contributed by atoms with Crippen LogP contribution in [0.2, 0.25) is 10.0 Å². The molecule has 0 saturated heterocycles. The predicted molar refractivity (Wildman–Crippen MR) is 77.0 cm³/mol. The summed E-state index contributed by atoms with van der Waals surface area (Å²) in [6, 6.07) is 2.72. The maximum Gasteiger partial charge on any atom is 0.345 e. The van der Waals surface area contributed by atoms with Crippen molar-refractivity contribution in [2.24, 2.45) is 0 Å². The molecule has 0 aliphatic heterocycles. The third kappa shape index (κ3) is 2.15. The van der Waals surface area contributed by atoms with Gasteiger partial charge in [0.15, 0.2) is 5.56 Å². The van der Waals surface area contributed by atoms with Gasteiger partial charge in [0.05, 0.1) is 15.6 Å². The number of hydrogen-bond acceptors (Lipinski definition) is 3. The molecule has 0 unspecified atom stereocenters. The first-order valence-corrected chi connectivity index (χ1v) is 6.22. The number of pyridine rings is 1. The number of nitrogens with zero attached hydrogens (tertiary/aromatic N) is 1. The van der Waals surface area contributed by atoms with Crippen LogP contribution in [0.25, 0.3) is 10.9 Å². The zero-order valence-electron chi connectivity index (χ0n) is 10.1. The van der Waals surface area contributed by atoms with E-state index in [1.54, 1.807) is 0 Å². The van der Waals surface area contributed by atoms with Gasteiger partial charge >= 0.3 is 5.97 Å². The van der Waals surface area contributed by atoms with Crippen LogP contribution in [-0.2, 0) is 6.54 Å². The molecule has 1 heterocycles. The molecule has 2 N–H and O–H groups in total. The number of aromatic hydroxyl groups is 1. The molecular formula is C13H9Cl2NO4. The lowest BCUT2D eigenvalue weighted by Crippen LogP contribution is -2.26. The number of benzene rings is 1. The summed E-state index contributed by atoms with van der Waals surface area (Å²) in [6.45, 7) is 3.59. The van der Waals surface area contributed by atoms with E-state index in [2.05, 4.69) is 6.58 Å². The Hall–Kier alpha value is -1.98. The molecule has 0 amide bonds. The molecule has 0 saturated carbocycles. The fourth-order valence-corrected chi connectivity index (χ4v) is 2.25. The summed E-state index contributed by atoms with van der Waals surface area (Å²) in [5, 5.41) is 19.5. The van der Waals surface area contributed by atoms with Crippen molar-refractivity contribution in [3.8, 4) is 5.75 Å². The highest BCUT2D eigenvalue weighted by molar-refractivity contribution is 6.42. The van der Waals surface area contributed by atoms with Crippen molar-refractivity contribution in [2.75, 3.05) is 0 Å². The Labute approximate surface area is 123 Å². The number of aromatic carboxylic acids is 1. The Morgan fingerprint density at radius 1 is 1.35 bits per heavy atom. The summed E-state index contributed by atoms with van der Waals surface area (Å²) in [5.74, 6) is -2.14. The molecule has 1 aromatic carbocycles. The van der Waals surface area contributed by atoms with E-state index in [9.17, 15) is 14.7 Å². The highest BCUT2D eigenvalue weighted by atomic mass is 35.5. The van der Waals surface area contributed by atoms with Gasteiger partial charge in [-0.3, -0.25) is 4.79 Å². The van der Waals surface area contributed by atoms with Gasteiger partial charge in [-0.05, 0) is 12.1 Å². The van der Waals surface area contributed by atoms with Crippen molar-refractivity contribution in [1.29, 1.82) is 0 Å². The quantitative estimate of drug-likeness (QED) is 0.854. The van der Waals surface area contributed by atoms with Crippen molar-refractivity contribution in [2.45, 2.75) is 6.54 Å². The second kappa shape index (κ2) is 5.19. The molecule has 2 rings (SSSR count). The molecule has 20 heavy (non-hydrogen) atoms. The van der Waals surface area contributed by atoms with Crippen molar-refractivity contribution in [3.05, 3.63) is 50.8 Å². The van der Waals surface area contributed by atoms with Crippen molar-refractivity contribution >= 4 is 40.1 Å². The maximum atomic E-state index is 12.1. The van der Waals surface area contributed by atoms with E-state index in [-0.39, 0.29) is 27.5 Å². The molecule has 0 fully saturated rings. The predicted octanol–water partition coefficient (Wildman–Crippen LogP) is 2.90. The average Bonchev–Trinajstić information content (AvgIpc) is 2.37. The molecule has 2 aromatic rings. The number of allylic oxidation sites excluding steroid dienone is 1. The van der Waals surface area contributed by atoms with E-state index in [4.69, 9.17) is 28.3 Å². The lowest BCUT2D eigenvalue weighted by Gasteiger charge is -2.13. The summed E-state index contributed by atoms with van der Waals surface area (Å²) in [6.07, 6.45) is 1.44. The Bertz CT molecular complexity index is 795. The number of aromatic nitrogens is 1. The Morgan fingerprint density at radius 2 is 1.95 bits per heavy atom. The standard InChI is InChI=1S/C13H9Cl2NO4/c1-2-3-16-9-5-8(15)7(14)4-6(9)11(17)10(12(16)18)13(19)20/h2,4-5,17H,1,3H2,(H,19,20). The van der Waals surface area contributed by atoms with E-state index in [0.29, 0.717) is 0 Å². The van der Waals surface area contributed by atoms with Crippen LogP contribution in [0.3, 0.4) is 0 Å². The number of carboxylic acids is 1. The van der Waals surface area contributed by atoms with Gasteiger partial charge in [0.25, 0.3) is 5.56 Å². The zero-order chi connectivity index (χ0) is 15.0. The Morgan fingerprint density at radius 3 is 2.50 bits per heavy atom. The summed E-state index contributed by atoms with van der Waals surface area (Å²) in [7, 11) is 0. The largest absolute Gasteiger partial charge is 0.506 e. The van der Waals surface area contributed by atoms with Crippen LogP contribution in [0.5, 0.6) is 5.75 Å². The molecule has 0 bridgehead atoms. The van der Waals surface area contributed by atoms with Crippen LogP contribution in [0, 0.1) is 0 Å². The highest BCUT2D eigenvalue weighted by Gasteiger charge is 2.22. The van der Waals surface area contributed by atoms with Gasteiger partial charge in [-0.1, -0.05) is 29.3 Å². The van der Waals surface area contributed by atoms with E-state index in [1.807, 2.05) is 0 Å². The van der Waals surface area contributed by atoms with Crippen LogP contribution in [-0.4, -0.2) is 20.7 Å². The fraction of sp³-hybridized carbons (Fsp3) is 0.0769. The number of carbonyl (C=O) groups is 1. The first-order chi connectivity index (χ1) is 9.38. The van der Waals surface area contributed by atoms with Crippen LogP contribution in [0.4, 0.5) is 0 Å². The van der Waals surface area contributed by atoms with Gasteiger partial charge in [-0.2, -0.15) is 0 Å². The van der Waals surface area contributed by atoms with Crippen molar-refractivity contribution in [3.63, 3.8) is 0 Å². The molecule has 0 spiro atoms. The SMILES string of the molecule is C=CCn1c(=O)c(C(=O)O)c(O)c2cc(Cl)c(Cl)cc21. The minimum atomic E-state index is -1.52. The topological polar surface area (TPSA) is 79.5 Å². The molecule has 7 heteroatoms. The van der Waals surface area contributed by atoms with Crippen molar-refractivity contribution < 1.29 is 15.0 Å². The summed E-state index contributed by atoms with van der Waals surface area (Å²) in [4.78, 5) is 23.3. The van der Waals surface area contributed by atoms with Gasteiger partial charge < -0.3 is 14.8 Å². The van der Waals surface area contributed by atoms with E-state index < -0.39 is 22.8 Å². The first kappa shape index (κ1) is 14.4. The summed E-state index contributed by atoms with van der Waals surface area (Å²) >= 11 is 11.8. The monoisotopic (exact) mass is 313 g/mol. The summed E-state index contributed by atoms with van der Waals surface area (Å²) < 4.78 is 1.16. The number of halogens is 2. The highest BCUT2D eigenvalue weighted by Crippen LogP contribution is 2.33. The number of hydrogen-bond donors (Lipinski definition) is 2. The second-order valence-electron chi connectivity index (χ2n) is 4.02. The van der Waals surface area contributed by atoms with Gasteiger partial charge in [0, 0.05) is 11.9 Å².